The molecule has 0 spiro atoms. The number of nitrogens with one attached hydrogen (secondary N) is 2. The molecule has 2 fully saturated rings. The third-order valence-corrected chi connectivity index (χ3v) is 3.84. The van der Waals surface area contributed by atoms with Crippen LogP contribution in [-0.2, 0) is 11.2 Å². The summed E-state index contributed by atoms with van der Waals surface area (Å²) in [5, 5.41) is 9.53. The summed E-state index contributed by atoms with van der Waals surface area (Å²) >= 11 is 0. The third-order valence-electron chi connectivity index (χ3n) is 3.84. The van der Waals surface area contributed by atoms with Crippen LogP contribution in [0.3, 0.4) is 0 Å². The summed E-state index contributed by atoms with van der Waals surface area (Å²) in [5.74, 6) is 2.80. The van der Waals surface area contributed by atoms with Gasteiger partial charge in [-0.25, -0.2) is 4.98 Å². The van der Waals surface area contributed by atoms with Crippen molar-refractivity contribution in [3.63, 3.8) is 0 Å². The van der Waals surface area contributed by atoms with E-state index in [4.69, 9.17) is 0 Å². The van der Waals surface area contributed by atoms with E-state index in [0.717, 1.165) is 12.2 Å². The van der Waals surface area contributed by atoms with E-state index >= 15 is 0 Å². The maximum atomic E-state index is 11.8. The molecule has 0 radical (unpaired) electrons. The van der Waals surface area contributed by atoms with Gasteiger partial charge in [0.05, 0.1) is 0 Å². The number of rotatable bonds is 4. The molecule has 5 heteroatoms. The second kappa shape index (κ2) is 3.88. The van der Waals surface area contributed by atoms with E-state index in [9.17, 15) is 4.79 Å². The van der Waals surface area contributed by atoms with Crippen LogP contribution in [0, 0.1) is 17.8 Å². The Kier molecular flexibility index (Phi) is 2.38. The zero-order chi connectivity index (χ0) is 11.0. The summed E-state index contributed by atoms with van der Waals surface area (Å²) in [4.78, 5) is 15.8. The lowest BCUT2D eigenvalue weighted by Crippen LogP contribution is -2.28. The molecular formula is C11H16N4O. The number of nitrogens with zero attached hydrogens (tertiary/aromatic N) is 2. The van der Waals surface area contributed by atoms with Crippen LogP contribution >= 0.6 is 0 Å². The average Bonchev–Trinajstić information content (AvgIpc) is 2.76. The number of hydrogen-bond acceptors (Lipinski definition) is 3. The first-order chi connectivity index (χ1) is 7.86. The van der Waals surface area contributed by atoms with Gasteiger partial charge < -0.3 is 5.32 Å². The van der Waals surface area contributed by atoms with Crippen LogP contribution in [0.4, 0.5) is 0 Å². The van der Waals surface area contributed by atoms with Crippen molar-refractivity contribution in [1.29, 1.82) is 0 Å². The highest BCUT2D eigenvalue weighted by molar-refractivity contribution is 5.82. The van der Waals surface area contributed by atoms with E-state index < -0.39 is 0 Å². The summed E-state index contributed by atoms with van der Waals surface area (Å²) in [6, 6.07) is 0. The fourth-order valence-corrected chi connectivity index (χ4v) is 2.98. The Hall–Kier alpha value is -1.39. The summed E-state index contributed by atoms with van der Waals surface area (Å²) in [6.45, 7) is 0.657. The van der Waals surface area contributed by atoms with Gasteiger partial charge in [-0.1, -0.05) is 6.42 Å². The fourth-order valence-electron chi connectivity index (χ4n) is 2.98. The lowest BCUT2D eigenvalue weighted by Gasteiger charge is -2.05. The van der Waals surface area contributed by atoms with Gasteiger partial charge in [-0.15, -0.1) is 0 Å². The Balaban J connectivity index is 1.41. The monoisotopic (exact) mass is 220 g/mol. The highest BCUT2D eigenvalue weighted by atomic mass is 16.2. The number of hydrogen-bond donors (Lipinski definition) is 2. The molecule has 3 rings (SSSR count). The average molecular weight is 220 g/mol. The molecule has 1 aromatic rings. The molecule has 0 saturated heterocycles. The lowest BCUT2D eigenvalue weighted by atomic mass is 10.1. The van der Waals surface area contributed by atoms with Gasteiger partial charge in [0.25, 0.3) is 0 Å². The van der Waals surface area contributed by atoms with Gasteiger partial charge in [-0.2, -0.15) is 5.10 Å². The maximum absolute atomic E-state index is 11.8. The summed E-state index contributed by atoms with van der Waals surface area (Å²) in [6.07, 6.45) is 6.04. The predicted molar refractivity (Wildman–Crippen MR) is 57.4 cm³/mol. The summed E-state index contributed by atoms with van der Waals surface area (Å²) < 4.78 is 0. The van der Waals surface area contributed by atoms with Crippen LogP contribution < -0.4 is 5.32 Å². The Morgan fingerprint density at radius 1 is 1.50 bits per heavy atom. The highest BCUT2D eigenvalue weighted by Gasteiger charge is 2.56. The van der Waals surface area contributed by atoms with Crippen LogP contribution in [0.15, 0.2) is 6.33 Å². The number of carbonyl (C=O) groups excluding carboxylic acids is 1. The Labute approximate surface area is 94.0 Å². The van der Waals surface area contributed by atoms with Crippen molar-refractivity contribution in [2.75, 3.05) is 6.54 Å². The summed E-state index contributed by atoms with van der Waals surface area (Å²) in [7, 11) is 0. The van der Waals surface area contributed by atoms with E-state index in [-0.39, 0.29) is 5.91 Å². The number of carbonyl (C=O) groups is 1. The van der Waals surface area contributed by atoms with Gasteiger partial charge in [0.15, 0.2) is 0 Å². The highest BCUT2D eigenvalue weighted by Crippen LogP contribution is 2.57. The number of fused-ring (bicyclic) bond motifs is 1. The predicted octanol–water partition coefficient (Wildman–Crippen LogP) is 0.509. The molecule has 5 nitrogen and oxygen atoms in total. The number of aromatic nitrogens is 3. The molecule has 86 valence electrons. The van der Waals surface area contributed by atoms with Gasteiger partial charge in [0, 0.05) is 18.9 Å². The van der Waals surface area contributed by atoms with Gasteiger partial charge in [0.1, 0.15) is 12.2 Å². The van der Waals surface area contributed by atoms with Crippen molar-refractivity contribution in [2.45, 2.75) is 25.7 Å². The van der Waals surface area contributed by atoms with Crippen molar-refractivity contribution >= 4 is 5.91 Å². The zero-order valence-corrected chi connectivity index (χ0v) is 9.15. The molecule has 16 heavy (non-hydrogen) atoms. The number of aromatic amines is 1. The van der Waals surface area contributed by atoms with Crippen LogP contribution in [0.5, 0.6) is 0 Å². The quantitative estimate of drug-likeness (QED) is 0.776. The first-order valence-corrected chi connectivity index (χ1v) is 5.98. The Bertz CT molecular complexity index is 365. The van der Waals surface area contributed by atoms with Gasteiger partial charge in [0.2, 0.25) is 5.91 Å². The molecule has 2 aliphatic carbocycles. The third kappa shape index (κ3) is 1.70. The molecule has 2 atom stereocenters. The van der Waals surface area contributed by atoms with Crippen molar-refractivity contribution in [1.82, 2.24) is 20.5 Å². The minimum atomic E-state index is 0.245. The van der Waals surface area contributed by atoms with Crippen molar-refractivity contribution in [3.8, 4) is 0 Å². The van der Waals surface area contributed by atoms with Crippen LogP contribution in [-0.4, -0.2) is 27.6 Å². The summed E-state index contributed by atoms with van der Waals surface area (Å²) in [5.41, 5.74) is 0. The van der Waals surface area contributed by atoms with Crippen LogP contribution in [0.1, 0.15) is 25.1 Å². The molecule has 2 saturated carbocycles. The number of H-pyrrole nitrogens is 1. The van der Waals surface area contributed by atoms with Crippen molar-refractivity contribution in [2.24, 2.45) is 17.8 Å². The minimum absolute atomic E-state index is 0.245. The second-order valence-electron chi connectivity index (χ2n) is 4.76. The largest absolute Gasteiger partial charge is 0.355 e. The second-order valence-corrected chi connectivity index (χ2v) is 4.76. The number of amides is 1. The lowest BCUT2D eigenvalue weighted by molar-refractivity contribution is -0.123. The normalized spacial score (nSPS) is 31.1. The standard InChI is InChI=1S/C11H16N4O/c16-11(10-7-2-1-3-8(7)10)12-5-4-9-13-6-14-15-9/h6-8,10H,1-5H2,(H,12,16)(H,13,14,15). The van der Waals surface area contributed by atoms with Gasteiger partial charge in [-0.3, -0.25) is 9.89 Å². The molecular weight excluding hydrogens is 204 g/mol. The molecule has 2 unspecified atom stereocenters. The van der Waals surface area contributed by atoms with Crippen LogP contribution in [0.25, 0.3) is 0 Å². The van der Waals surface area contributed by atoms with E-state index in [1.54, 1.807) is 0 Å². The van der Waals surface area contributed by atoms with Crippen molar-refractivity contribution < 1.29 is 4.79 Å². The topological polar surface area (TPSA) is 70.7 Å². The molecule has 0 bridgehead atoms. The molecule has 1 amide bonds. The Morgan fingerprint density at radius 2 is 2.31 bits per heavy atom. The van der Waals surface area contributed by atoms with Crippen molar-refractivity contribution in [3.05, 3.63) is 12.2 Å². The van der Waals surface area contributed by atoms with Gasteiger partial charge in [-0.05, 0) is 24.7 Å². The molecule has 1 aromatic heterocycles. The van der Waals surface area contributed by atoms with E-state index in [1.165, 1.54) is 25.6 Å². The smallest absolute Gasteiger partial charge is 0.223 e. The Morgan fingerprint density at radius 3 is 3.00 bits per heavy atom. The molecule has 0 aliphatic heterocycles. The molecule has 1 heterocycles. The van der Waals surface area contributed by atoms with E-state index in [2.05, 4.69) is 20.5 Å². The zero-order valence-electron chi connectivity index (χ0n) is 9.15. The maximum Gasteiger partial charge on any atom is 0.223 e. The van der Waals surface area contributed by atoms with E-state index in [0.29, 0.717) is 24.3 Å². The van der Waals surface area contributed by atoms with E-state index in [1.807, 2.05) is 0 Å². The molecule has 2 N–H and O–H groups in total. The minimum Gasteiger partial charge on any atom is -0.355 e. The first kappa shape index (κ1) is 9.81. The molecule has 2 aliphatic rings. The SMILES string of the molecule is O=C(NCCc1ncn[nH]1)C1C2CCCC21. The fraction of sp³-hybridized carbons (Fsp3) is 0.727. The van der Waals surface area contributed by atoms with Gasteiger partial charge >= 0.3 is 0 Å². The molecule has 0 aromatic carbocycles. The van der Waals surface area contributed by atoms with Crippen LogP contribution in [0.2, 0.25) is 0 Å². The first-order valence-electron chi connectivity index (χ1n) is 5.98.